The lowest BCUT2D eigenvalue weighted by Crippen LogP contribution is -2.12. The normalized spacial score (nSPS) is 12.4. The predicted molar refractivity (Wildman–Crippen MR) is 63.6 cm³/mol. The van der Waals surface area contributed by atoms with Gasteiger partial charge in [0.05, 0.1) is 10.6 Å². The second-order valence-electron chi connectivity index (χ2n) is 3.27. The number of carbonyl (C=O) groups is 1. The number of alkyl halides is 3. The van der Waals surface area contributed by atoms with Crippen molar-refractivity contribution in [3.05, 3.63) is 21.8 Å². The molecule has 1 heterocycles. The van der Waals surface area contributed by atoms with Crippen LogP contribution in [0.1, 0.15) is 12.5 Å². The Morgan fingerprint density at radius 3 is 2.53 bits per heavy atom. The van der Waals surface area contributed by atoms with Gasteiger partial charge in [-0.15, -0.1) is 0 Å². The minimum atomic E-state index is -4.69. The number of rotatable bonds is 3. The average Bonchev–Trinajstić information content (AvgIpc) is 2.27. The molecule has 0 atom stereocenters. The van der Waals surface area contributed by atoms with Crippen LogP contribution in [-0.2, 0) is 11.0 Å². The zero-order valence-electron chi connectivity index (χ0n) is 9.22. The minimum absolute atomic E-state index is 0.278. The average molecular weight is 316 g/mol. The zero-order valence-corrected chi connectivity index (χ0v) is 10.7. The fraction of sp³-hybridized carbons (Fsp3) is 0.222. The summed E-state index contributed by atoms with van der Waals surface area (Å²) < 4.78 is 37.4. The van der Waals surface area contributed by atoms with Crippen molar-refractivity contribution in [2.24, 2.45) is 5.10 Å². The number of halogens is 5. The summed E-state index contributed by atoms with van der Waals surface area (Å²) >= 11 is 10.9. The quantitative estimate of drug-likeness (QED) is 0.510. The summed E-state index contributed by atoms with van der Waals surface area (Å²) in [5.41, 5.74) is 0.610. The fourth-order valence-corrected chi connectivity index (χ4v) is 1.37. The monoisotopic (exact) mass is 315 g/mol. The van der Waals surface area contributed by atoms with Crippen molar-refractivity contribution >= 4 is 40.7 Å². The van der Waals surface area contributed by atoms with Gasteiger partial charge in [-0.3, -0.25) is 5.43 Å². The molecule has 0 fully saturated rings. The third-order valence-corrected chi connectivity index (χ3v) is 2.45. The summed E-state index contributed by atoms with van der Waals surface area (Å²) in [4.78, 5) is 13.8. The number of aliphatic carboxylic acids is 1. The largest absolute Gasteiger partial charge is 0.477 e. The summed E-state index contributed by atoms with van der Waals surface area (Å²) in [6, 6.07) is 0.574. The molecule has 0 saturated heterocycles. The Bertz CT molecular complexity index is 546. The van der Waals surface area contributed by atoms with E-state index in [-0.39, 0.29) is 11.5 Å². The van der Waals surface area contributed by atoms with Crippen LogP contribution in [0.4, 0.5) is 19.0 Å². The Morgan fingerprint density at radius 1 is 1.47 bits per heavy atom. The summed E-state index contributed by atoms with van der Waals surface area (Å²) in [5.74, 6) is -1.58. The molecule has 19 heavy (non-hydrogen) atoms. The Hall–Kier alpha value is -1.54. The lowest BCUT2D eigenvalue weighted by atomic mass is 10.3. The molecule has 104 valence electrons. The molecule has 0 unspecified atom stereocenters. The molecule has 0 saturated carbocycles. The number of carboxylic acids is 1. The van der Waals surface area contributed by atoms with E-state index < -0.39 is 27.9 Å². The highest BCUT2D eigenvalue weighted by atomic mass is 35.5. The number of nitrogens with zero attached hydrogens (tertiary/aromatic N) is 2. The molecule has 1 rings (SSSR count). The van der Waals surface area contributed by atoms with Crippen molar-refractivity contribution in [3.8, 4) is 0 Å². The fourth-order valence-electron chi connectivity index (χ4n) is 0.928. The van der Waals surface area contributed by atoms with E-state index in [0.29, 0.717) is 6.07 Å². The maximum absolute atomic E-state index is 12.5. The zero-order chi connectivity index (χ0) is 14.8. The first-order valence-corrected chi connectivity index (χ1v) is 5.35. The van der Waals surface area contributed by atoms with Crippen LogP contribution in [0.5, 0.6) is 0 Å². The Balaban J connectivity index is 3.10. The SMILES string of the molecule is C/C(=N\Nc1nc(Cl)c(C(F)(F)F)cc1Cl)C(=O)O. The minimum Gasteiger partial charge on any atom is -0.477 e. The van der Waals surface area contributed by atoms with Gasteiger partial charge in [-0.2, -0.15) is 18.3 Å². The third kappa shape index (κ3) is 3.97. The molecule has 0 spiro atoms. The van der Waals surface area contributed by atoms with Gasteiger partial charge in [-0.25, -0.2) is 9.78 Å². The van der Waals surface area contributed by atoms with Gasteiger partial charge in [0, 0.05) is 0 Å². The van der Waals surface area contributed by atoms with Gasteiger partial charge in [0.15, 0.2) is 5.82 Å². The third-order valence-electron chi connectivity index (χ3n) is 1.87. The smallest absolute Gasteiger partial charge is 0.419 e. The van der Waals surface area contributed by atoms with E-state index in [0.717, 1.165) is 0 Å². The standard InChI is InChI=1S/C9H6Cl2F3N3O2/c1-3(8(18)19)16-17-7-5(10)2-4(6(11)15-7)9(12,13)14/h2H,1H3,(H,15,17)(H,18,19)/b16-3+. The summed E-state index contributed by atoms with van der Waals surface area (Å²) in [7, 11) is 0. The molecular weight excluding hydrogens is 310 g/mol. The van der Waals surface area contributed by atoms with Crippen LogP contribution in [0, 0.1) is 0 Å². The van der Waals surface area contributed by atoms with E-state index >= 15 is 0 Å². The first-order valence-electron chi connectivity index (χ1n) is 4.59. The van der Waals surface area contributed by atoms with Crippen molar-refractivity contribution < 1.29 is 23.1 Å². The lowest BCUT2D eigenvalue weighted by molar-refractivity contribution is -0.137. The van der Waals surface area contributed by atoms with Gasteiger partial charge in [0.1, 0.15) is 10.9 Å². The number of hydrazone groups is 1. The van der Waals surface area contributed by atoms with E-state index in [1.54, 1.807) is 0 Å². The molecule has 0 amide bonds. The highest BCUT2D eigenvalue weighted by Crippen LogP contribution is 2.37. The molecule has 0 aliphatic heterocycles. The number of aromatic nitrogens is 1. The maximum atomic E-state index is 12.5. The van der Waals surface area contributed by atoms with E-state index in [1.807, 2.05) is 0 Å². The number of nitrogens with one attached hydrogen (secondary N) is 1. The summed E-state index contributed by atoms with van der Waals surface area (Å²) in [6.07, 6.45) is -4.69. The van der Waals surface area contributed by atoms with Gasteiger partial charge in [0.25, 0.3) is 0 Å². The van der Waals surface area contributed by atoms with Crippen molar-refractivity contribution in [3.63, 3.8) is 0 Å². The van der Waals surface area contributed by atoms with Crippen LogP contribution in [0.25, 0.3) is 0 Å². The topological polar surface area (TPSA) is 74.6 Å². The predicted octanol–water partition coefficient (Wildman–Crippen LogP) is 3.28. The van der Waals surface area contributed by atoms with Crippen molar-refractivity contribution in [1.82, 2.24) is 4.98 Å². The van der Waals surface area contributed by atoms with Gasteiger partial charge in [-0.05, 0) is 13.0 Å². The molecule has 10 heteroatoms. The molecule has 5 nitrogen and oxygen atoms in total. The summed E-state index contributed by atoms with van der Waals surface area (Å²) in [5, 5.41) is 10.7. The van der Waals surface area contributed by atoms with Crippen molar-refractivity contribution in [2.75, 3.05) is 5.43 Å². The van der Waals surface area contributed by atoms with Gasteiger partial charge in [-0.1, -0.05) is 23.2 Å². The number of carboxylic acid groups (broad SMARTS) is 1. The van der Waals surface area contributed by atoms with E-state index in [2.05, 4.69) is 15.5 Å². The molecular formula is C9H6Cl2F3N3O2. The van der Waals surface area contributed by atoms with E-state index in [1.165, 1.54) is 6.92 Å². The van der Waals surface area contributed by atoms with Crippen LogP contribution < -0.4 is 5.43 Å². The second kappa shape index (κ2) is 5.62. The van der Waals surface area contributed by atoms with Crippen LogP contribution in [0.15, 0.2) is 11.2 Å². The molecule has 0 aromatic carbocycles. The van der Waals surface area contributed by atoms with E-state index in [9.17, 15) is 18.0 Å². The molecule has 0 aliphatic carbocycles. The number of anilines is 1. The molecule has 1 aromatic rings. The molecule has 1 aromatic heterocycles. The first-order chi connectivity index (χ1) is 8.62. The van der Waals surface area contributed by atoms with Gasteiger partial charge < -0.3 is 5.11 Å². The molecule has 0 radical (unpaired) electrons. The first kappa shape index (κ1) is 15.5. The van der Waals surface area contributed by atoms with Gasteiger partial charge >= 0.3 is 12.1 Å². The van der Waals surface area contributed by atoms with Crippen LogP contribution in [0.2, 0.25) is 10.2 Å². The molecule has 2 N–H and O–H groups in total. The Labute approximate surface area is 115 Å². The lowest BCUT2D eigenvalue weighted by Gasteiger charge is -2.10. The Morgan fingerprint density at radius 2 is 2.05 bits per heavy atom. The van der Waals surface area contributed by atoms with E-state index in [4.69, 9.17) is 28.3 Å². The van der Waals surface area contributed by atoms with Crippen LogP contribution >= 0.6 is 23.2 Å². The number of pyridine rings is 1. The van der Waals surface area contributed by atoms with Crippen LogP contribution in [-0.4, -0.2) is 21.8 Å². The highest BCUT2D eigenvalue weighted by Gasteiger charge is 2.34. The molecule has 0 aliphatic rings. The maximum Gasteiger partial charge on any atom is 0.419 e. The van der Waals surface area contributed by atoms with Crippen molar-refractivity contribution in [1.29, 1.82) is 0 Å². The van der Waals surface area contributed by atoms with Crippen LogP contribution in [0.3, 0.4) is 0 Å². The second-order valence-corrected chi connectivity index (χ2v) is 4.03. The Kier molecular flexibility index (Phi) is 4.59. The number of hydrogen-bond donors (Lipinski definition) is 2. The molecule has 0 bridgehead atoms. The summed E-state index contributed by atoms with van der Waals surface area (Å²) in [6.45, 7) is 1.18. The van der Waals surface area contributed by atoms with Gasteiger partial charge in [0.2, 0.25) is 0 Å². The van der Waals surface area contributed by atoms with Crippen molar-refractivity contribution in [2.45, 2.75) is 13.1 Å². The highest BCUT2D eigenvalue weighted by molar-refractivity contribution is 6.35. The number of hydrogen-bond acceptors (Lipinski definition) is 4.